The Morgan fingerprint density at radius 2 is 1.89 bits per heavy atom. The first-order valence-corrected chi connectivity index (χ1v) is 5.69. The molecule has 1 N–H and O–H groups in total. The van der Waals surface area contributed by atoms with Crippen LogP contribution in [0.15, 0.2) is 25.8 Å². The average molecular weight is 237 g/mol. The molecule has 2 aromatic heterocycles. The lowest BCUT2D eigenvalue weighted by atomic mass is 10.1. The smallest absolute Gasteiger partial charge is 0.119 e. The fourth-order valence-electron chi connectivity index (χ4n) is 1.98. The standard InChI is InChI=1S/C15H15N3/c1-5-9-11-12(7-3)16-14-10(6-2)13(8-4)17-18-15(11)14/h5-9,16H,1-2,4H2,3H3/b11-9+,12-7+. The van der Waals surface area contributed by atoms with Gasteiger partial charge in [-0.3, -0.25) is 0 Å². The van der Waals surface area contributed by atoms with Gasteiger partial charge in [0.2, 0.25) is 0 Å². The van der Waals surface area contributed by atoms with Crippen LogP contribution in [0.5, 0.6) is 0 Å². The Kier molecular flexibility index (Phi) is 3.24. The van der Waals surface area contributed by atoms with Crippen molar-refractivity contribution in [1.29, 1.82) is 0 Å². The second-order valence-electron chi connectivity index (χ2n) is 3.77. The Hall–Kier alpha value is -2.42. The van der Waals surface area contributed by atoms with Crippen LogP contribution in [0.25, 0.3) is 35.3 Å². The first-order valence-electron chi connectivity index (χ1n) is 5.69. The number of fused-ring (bicyclic) bond motifs is 1. The highest BCUT2D eigenvalue weighted by Crippen LogP contribution is 2.15. The van der Waals surface area contributed by atoms with Gasteiger partial charge in [0.05, 0.1) is 11.2 Å². The van der Waals surface area contributed by atoms with Crippen molar-refractivity contribution in [3.8, 4) is 0 Å². The molecule has 0 radical (unpaired) electrons. The monoisotopic (exact) mass is 237 g/mol. The Morgan fingerprint density at radius 1 is 1.11 bits per heavy atom. The van der Waals surface area contributed by atoms with Crippen LogP contribution in [0.1, 0.15) is 18.2 Å². The van der Waals surface area contributed by atoms with E-state index in [1.807, 2.05) is 19.1 Å². The molecule has 0 spiro atoms. The number of nitrogens with one attached hydrogen (secondary N) is 1. The summed E-state index contributed by atoms with van der Waals surface area (Å²) in [6, 6.07) is 0. The molecule has 0 aliphatic carbocycles. The number of rotatable bonds is 3. The van der Waals surface area contributed by atoms with Gasteiger partial charge in [-0.15, -0.1) is 10.2 Å². The summed E-state index contributed by atoms with van der Waals surface area (Å²) in [6.45, 7) is 13.3. The van der Waals surface area contributed by atoms with E-state index in [9.17, 15) is 0 Å². The van der Waals surface area contributed by atoms with Crippen molar-refractivity contribution in [1.82, 2.24) is 15.2 Å². The lowest BCUT2D eigenvalue weighted by Crippen LogP contribution is -2.22. The minimum absolute atomic E-state index is 0.728. The first-order chi connectivity index (χ1) is 8.76. The van der Waals surface area contributed by atoms with E-state index < -0.39 is 0 Å². The first kappa shape index (κ1) is 12.0. The lowest BCUT2D eigenvalue weighted by Gasteiger charge is -1.99. The fourth-order valence-corrected chi connectivity index (χ4v) is 1.98. The zero-order valence-electron chi connectivity index (χ0n) is 10.4. The normalized spacial score (nSPS) is 12.9. The highest BCUT2D eigenvalue weighted by atomic mass is 15.1. The van der Waals surface area contributed by atoms with Gasteiger partial charge in [0, 0.05) is 16.1 Å². The minimum Gasteiger partial charge on any atom is -0.353 e. The quantitative estimate of drug-likeness (QED) is 0.887. The van der Waals surface area contributed by atoms with Crippen molar-refractivity contribution < 1.29 is 0 Å². The number of nitrogens with zero attached hydrogens (tertiary/aromatic N) is 2. The second-order valence-corrected chi connectivity index (χ2v) is 3.77. The molecule has 0 aliphatic rings. The summed E-state index contributed by atoms with van der Waals surface area (Å²) in [6.07, 6.45) is 9.10. The molecule has 18 heavy (non-hydrogen) atoms. The Morgan fingerprint density at radius 3 is 2.44 bits per heavy atom. The van der Waals surface area contributed by atoms with Crippen LogP contribution in [0.2, 0.25) is 0 Å². The van der Waals surface area contributed by atoms with Gasteiger partial charge in [-0.25, -0.2) is 0 Å². The molecule has 0 atom stereocenters. The molecule has 3 nitrogen and oxygen atoms in total. The topological polar surface area (TPSA) is 41.6 Å². The number of allylic oxidation sites excluding steroid dienone is 1. The van der Waals surface area contributed by atoms with Crippen molar-refractivity contribution in [2.45, 2.75) is 6.92 Å². The number of aromatic amines is 1. The van der Waals surface area contributed by atoms with Crippen LogP contribution in [-0.2, 0) is 0 Å². The number of hydrogen-bond donors (Lipinski definition) is 1. The molecule has 0 saturated carbocycles. The summed E-state index contributed by atoms with van der Waals surface area (Å²) in [7, 11) is 0. The fraction of sp³-hybridized carbons (Fsp3) is 0.0667. The van der Waals surface area contributed by atoms with Crippen LogP contribution >= 0.6 is 0 Å². The third kappa shape index (κ3) is 1.70. The lowest BCUT2D eigenvalue weighted by molar-refractivity contribution is 1.05. The Bertz CT molecular complexity index is 748. The molecule has 0 fully saturated rings. The zero-order chi connectivity index (χ0) is 13.1. The highest BCUT2D eigenvalue weighted by Gasteiger charge is 2.09. The third-order valence-electron chi connectivity index (χ3n) is 2.82. The van der Waals surface area contributed by atoms with Crippen LogP contribution in [-0.4, -0.2) is 15.2 Å². The number of aromatic nitrogens is 3. The number of hydrogen-bond acceptors (Lipinski definition) is 2. The highest BCUT2D eigenvalue weighted by molar-refractivity contribution is 5.88. The largest absolute Gasteiger partial charge is 0.353 e. The molecule has 0 bridgehead atoms. The van der Waals surface area contributed by atoms with E-state index in [1.54, 1.807) is 18.2 Å². The molecule has 2 rings (SSSR count). The molecular formula is C15H15N3. The summed E-state index contributed by atoms with van der Waals surface area (Å²) >= 11 is 0. The van der Waals surface area contributed by atoms with Crippen molar-refractivity contribution in [2.75, 3.05) is 0 Å². The predicted molar refractivity (Wildman–Crippen MR) is 78.1 cm³/mol. The maximum absolute atomic E-state index is 4.25. The Labute approximate surface area is 106 Å². The SMILES string of the molecule is C=C/C=c1\c(=C/C)[nH]c2c(C=C)c(C=C)nnc12. The van der Waals surface area contributed by atoms with Gasteiger partial charge in [-0.05, 0) is 13.0 Å². The molecule has 2 heterocycles. The molecule has 0 aliphatic heterocycles. The van der Waals surface area contributed by atoms with Crippen molar-refractivity contribution in [2.24, 2.45) is 0 Å². The van der Waals surface area contributed by atoms with Crippen molar-refractivity contribution >= 4 is 35.3 Å². The third-order valence-corrected chi connectivity index (χ3v) is 2.82. The van der Waals surface area contributed by atoms with E-state index in [0.29, 0.717) is 0 Å². The summed E-state index contributed by atoms with van der Waals surface area (Å²) in [5.74, 6) is 0. The van der Waals surface area contributed by atoms with Crippen LogP contribution in [0.4, 0.5) is 0 Å². The molecule has 2 aromatic rings. The second kappa shape index (κ2) is 4.84. The van der Waals surface area contributed by atoms with Crippen LogP contribution in [0, 0.1) is 0 Å². The van der Waals surface area contributed by atoms with E-state index >= 15 is 0 Å². The zero-order valence-corrected chi connectivity index (χ0v) is 10.4. The molecular weight excluding hydrogens is 222 g/mol. The predicted octanol–water partition coefficient (Wildman–Crippen LogP) is 2.01. The maximum Gasteiger partial charge on any atom is 0.119 e. The van der Waals surface area contributed by atoms with Gasteiger partial charge in [0.15, 0.2) is 0 Å². The summed E-state index contributed by atoms with van der Waals surface area (Å²) in [4.78, 5) is 3.34. The van der Waals surface area contributed by atoms with E-state index in [0.717, 1.165) is 32.9 Å². The molecule has 3 heteroatoms. The summed E-state index contributed by atoms with van der Waals surface area (Å²) in [5.41, 5.74) is 3.40. The van der Waals surface area contributed by atoms with Gasteiger partial charge in [0.1, 0.15) is 5.52 Å². The van der Waals surface area contributed by atoms with E-state index in [1.165, 1.54) is 0 Å². The van der Waals surface area contributed by atoms with Crippen molar-refractivity contribution in [3.05, 3.63) is 47.6 Å². The minimum atomic E-state index is 0.728. The van der Waals surface area contributed by atoms with E-state index in [4.69, 9.17) is 0 Å². The molecule has 0 saturated heterocycles. The van der Waals surface area contributed by atoms with Gasteiger partial charge in [0.25, 0.3) is 0 Å². The summed E-state index contributed by atoms with van der Waals surface area (Å²) < 4.78 is 0. The number of H-pyrrole nitrogens is 1. The van der Waals surface area contributed by atoms with E-state index in [2.05, 4.69) is 34.9 Å². The average Bonchev–Trinajstić information content (AvgIpc) is 2.76. The summed E-state index contributed by atoms with van der Waals surface area (Å²) in [5, 5.41) is 10.4. The maximum atomic E-state index is 4.25. The van der Waals surface area contributed by atoms with Crippen LogP contribution in [0.3, 0.4) is 0 Å². The molecule has 90 valence electrons. The van der Waals surface area contributed by atoms with Gasteiger partial charge < -0.3 is 4.98 Å². The van der Waals surface area contributed by atoms with E-state index in [-0.39, 0.29) is 0 Å². The van der Waals surface area contributed by atoms with Crippen LogP contribution < -0.4 is 10.6 Å². The molecule has 0 amide bonds. The van der Waals surface area contributed by atoms with Crippen molar-refractivity contribution in [3.63, 3.8) is 0 Å². The molecule has 0 unspecified atom stereocenters. The van der Waals surface area contributed by atoms with Gasteiger partial charge >= 0.3 is 0 Å². The van der Waals surface area contributed by atoms with Gasteiger partial charge in [-0.1, -0.05) is 44.0 Å². The molecule has 0 aromatic carbocycles. The Balaban J connectivity index is 3.07. The van der Waals surface area contributed by atoms with Gasteiger partial charge in [-0.2, -0.15) is 0 Å².